The molecule has 5 nitrogen and oxygen atoms in total. The molecule has 1 unspecified atom stereocenters. The smallest absolute Gasteiger partial charge is 0.204 e. The lowest BCUT2D eigenvalue weighted by atomic mass is 10.2. The van der Waals surface area contributed by atoms with Gasteiger partial charge >= 0.3 is 0 Å². The number of nitrogens with zero attached hydrogens (tertiary/aromatic N) is 4. The average Bonchev–Trinajstić information content (AvgIpc) is 3.50. The fraction of sp³-hybridized carbons (Fsp3) is 0.238. The normalized spacial score (nSPS) is 12.4. The molecule has 0 fully saturated rings. The Morgan fingerprint density at radius 1 is 1.10 bits per heavy atom. The first-order valence-corrected chi connectivity index (χ1v) is 11.4. The molecule has 0 spiro atoms. The van der Waals surface area contributed by atoms with E-state index in [1.54, 1.807) is 29.8 Å². The van der Waals surface area contributed by atoms with Crippen LogP contribution in [-0.4, -0.2) is 33.4 Å². The first-order valence-electron chi connectivity index (χ1n) is 9.21. The van der Waals surface area contributed by atoms with E-state index in [1.807, 2.05) is 39.6 Å². The molecule has 1 aromatic carbocycles. The van der Waals surface area contributed by atoms with E-state index in [-0.39, 0.29) is 6.04 Å². The molecule has 0 amide bonds. The van der Waals surface area contributed by atoms with Gasteiger partial charge in [0, 0.05) is 10.9 Å². The van der Waals surface area contributed by atoms with Gasteiger partial charge in [0.05, 0.1) is 24.3 Å². The molecule has 4 aromatic rings. The lowest BCUT2D eigenvalue weighted by molar-refractivity contribution is 0.197. The van der Waals surface area contributed by atoms with Crippen LogP contribution in [0.2, 0.25) is 0 Å². The van der Waals surface area contributed by atoms with Crippen LogP contribution in [0.3, 0.4) is 0 Å². The fourth-order valence-corrected chi connectivity index (χ4v) is 5.01. The van der Waals surface area contributed by atoms with E-state index in [0.717, 1.165) is 22.1 Å². The maximum absolute atomic E-state index is 5.87. The zero-order chi connectivity index (χ0) is 20.4. The van der Waals surface area contributed by atoms with Crippen molar-refractivity contribution in [2.24, 2.45) is 0 Å². The van der Waals surface area contributed by atoms with Gasteiger partial charge in [-0.2, -0.15) is 0 Å². The summed E-state index contributed by atoms with van der Waals surface area (Å²) in [5.74, 6) is 1.59. The third kappa shape index (κ3) is 3.93. The van der Waals surface area contributed by atoms with Crippen LogP contribution in [-0.2, 0) is 6.67 Å². The fourth-order valence-electron chi connectivity index (χ4n) is 3.18. The van der Waals surface area contributed by atoms with Crippen LogP contribution in [0.1, 0.15) is 17.8 Å². The van der Waals surface area contributed by atoms with Gasteiger partial charge in [-0.3, -0.25) is 9.47 Å². The molecule has 0 radical (unpaired) electrons. The van der Waals surface area contributed by atoms with Crippen LogP contribution in [0.25, 0.3) is 16.4 Å². The summed E-state index contributed by atoms with van der Waals surface area (Å²) in [5.41, 5.74) is 0.892. The summed E-state index contributed by atoms with van der Waals surface area (Å²) < 4.78 is 10.1. The van der Waals surface area contributed by atoms with Crippen LogP contribution >= 0.6 is 34.9 Å². The van der Waals surface area contributed by atoms with E-state index in [2.05, 4.69) is 47.8 Å². The Kier molecular flexibility index (Phi) is 5.96. The lowest BCUT2D eigenvalue weighted by Gasteiger charge is -2.23. The number of hydrogen-bond acceptors (Lipinski definition) is 6. The van der Waals surface area contributed by atoms with Crippen LogP contribution in [0, 0.1) is 4.77 Å². The first kappa shape index (κ1) is 20.0. The summed E-state index contributed by atoms with van der Waals surface area (Å²) in [6.45, 7) is 2.80. The van der Waals surface area contributed by atoms with Crippen molar-refractivity contribution < 1.29 is 4.74 Å². The molecule has 0 aliphatic rings. The molecule has 150 valence electrons. The molecule has 0 N–H and O–H groups in total. The summed E-state index contributed by atoms with van der Waals surface area (Å²) in [7, 11) is 3.77. The van der Waals surface area contributed by atoms with Crippen molar-refractivity contribution in [1.29, 1.82) is 0 Å². The molecule has 4 rings (SSSR count). The van der Waals surface area contributed by atoms with Gasteiger partial charge in [0.2, 0.25) is 4.77 Å². The van der Waals surface area contributed by atoms with Crippen LogP contribution in [0.5, 0.6) is 5.75 Å². The van der Waals surface area contributed by atoms with Gasteiger partial charge in [-0.25, -0.2) is 4.68 Å². The predicted molar refractivity (Wildman–Crippen MR) is 123 cm³/mol. The number of methoxy groups -OCH3 is 1. The van der Waals surface area contributed by atoms with Gasteiger partial charge in [-0.15, -0.1) is 27.8 Å². The Bertz CT molecular complexity index is 1130. The molecule has 0 bridgehead atoms. The van der Waals surface area contributed by atoms with E-state index in [1.165, 1.54) is 4.88 Å². The van der Waals surface area contributed by atoms with Crippen LogP contribution in [0.4, 0.5) is 0 Å². The average molecular weight is 443 g/mol. The van der Waals surface area contributed by atoms with Crippen molar-refractivity contribution in [3.05, 3.63) is 68.9 Å². The second-order valence-corrected chi connectivity index (χ2v) is 8.97. The van der Waals surface area contributed by atoms with Crippen molar-refractivity contribution in [2.45, 2.75) is 19.6 Å². The van der Waals surface area contributed by atoms with Gasteiger partial charge < -0.3 is 4.74 Å². The molecule has 1 atom stereocenters. The summed E-state index contributed by atoms with van der Waals surface area (Å²) in [6, 6.07) is 16.5. The number of ether oxygens (including phenoxy) is 1. The topological polar surface area (TPSA) is 35.2 Å². The van der Waals surface area contributed by atoms with E-state index >= 15 is 0 Å². The molecular formula is C21H22N4OS3. The molecule has 0 aliphatic carbocycles. The third-order valence-corrected chi connectivity index (χ3v) is 7.18. The highest BCUT2D eigenvalue weighted by atomic mass is 32.1. The molecule has 3 aromatic heterocycles. The number of thiophene rings is 2. The van der Waals surface area contributed by atoms with Gasteiger partial charge in [-0.1, -0.05) is 24.3 Å². The van der Waals surface area contributed by atoms with Gasteiger partial charge in [0.25, 0.3) is 0 Å². The maximum atomic E-state index is 5.87. The first-order chi connectivity index (χ1) is 14.1. The minimum atomic E-state index is 0.276. The van der Waals surface area contributed by atoms with E-state index in [9.17, 15) is 0 Å². The van der Waals surface area contributed by atoms with E-state index in [0.29, 0.717) is 11.4 Å². The maximum Gasteiger partial charge on any atom is 0.204 e. The molecule has 3 heterocycles. The number of rotatable bonds is 7. The van der Waals surface area contributed by atoms with Gasteiger partial charge in [-0.05, 0) is 61.2 Å². The minimum absolute atomic E-state index is 0.276. The van der Waals surface area contributed by atoms with Gasteiger partial charge in [0.1, 0.15) is 5.75 Å². The number of hydrogen-bond donors (Lipinski definition) is 0. The van der Waals surface area contributed by atoms with Crippen molar-refractivity contribution in [2.75, 3.05) is 14.2 Å². The monoisotopic (exact) mass is 442 g/mol. The highest BCUT2D eigenvalue weighted by molar-refractivity contribution is 7.71. The Morgan fingerprint density at radius 3 is 2.55 bits per heavy atom. The summed E-state index contributed by atoms with van der Waals surface area (Å²) in [5, 5.41) is 9.06. The quantitative estimate of drug-likeness (QED) is 0.336. The van der Waals surface area contributed by atoms with Crippen molar-refractivity contribution in [1.82, 2.24) is 19.2 Å². The molecule has 0 aliphatic heterocycles. The SMILES string of the molecule is COc1ccccc1-n1c(-c2cccs2)nn(CN(C)C(C)c2cccs2)c1=S. The Morgan fingerprint density at radius 2 is 1.86 bits per heavy atom. The minimum Gasteiger partial charge on any atom is -0.495 e. The van der Waals surface area contributed by atoms with Crippen LogP contribution < -0.4 is 4.74 Å². The second-order valence-electron chi connectivity index (χ2n) is 6.68. The number of aromatic nitrogens is 3. The highest BCUT2D eigenvalue weighted by Gasteiger charge is 2.20. The zero-order valence-corrected chi connectivity index (χ0v) is 18.9. The largest absolute Gasteiger partial charge is 0.495 e. The zero-order valence-electron chi connectivity index (χ0n) is 16.5. The summed E-state index contributed by atoms with van der Waals surface area (Å²) in [4.78, 5) is 4.63. The van der Waals surface area contributed by atoms with Gasteiger partial charge in [0.15, 0.2) is 5.82 Å². The van der Waals surface area contributed by atoms with E-state index < -0.39 is 0 Å². The summed E-state index contributed by atoms with van der Waals surface area (Å²) >= 11 is 9.28. The third-order valence-electron chi connectivity index (χ3n) is 4.88. The Balaban J connectivity index is 1.78. The molecule has 0 saturated heterocycles. The van der Waals surface area contributed by atoms with E-state index in [4.69, 9.17) is 22.1 Å². The van der Waals surface area contributed by atoms with Crippen molar-refractivity contribution >= 4 is 34.9 Å². The molecular weight excluding hydrogens is 420 g/mol. The lowest BCUT2D eigenvalue weighted by Crippen LogP contribution is -2.25. The second kappa shape index (κ2) is 8.62. The predicted octanol–water partition coefficient (Wildman–Crippen LogP) is 5.85. The van der Waals surface area contributed by atoms with Crippen molar-refractivity contribution in [3.63, 3.8) is 0 Å². The summed E-state index contributed by atoms with van der Waals surface area (Å²) in [6.07, 6.45) is 0. The standard InChI is InChI=1S/C21H22N4OS3/c1-15(18-10-6-12-28-18)23(2)14-24-21(27)25(16-8-4-5-9-17(16)26-3)20(22-24)19-11-7-13-29-19/h4-13,15H,14H2,1-3H3. The van der Waals surface area contributed by atoms with Crippen molar-refractivity contribution in [3.8, 4) is 22.1 Å². The Labute approximate surface area is 183 Å². The number of para-hydroxylation sites is 2. The highest BCUT2D eigenvalue weighted by Crippen LogP contribution is 2.31. The number of benzene rings is 1. The molecule has 29 heavy (non-hydrogen) atoms. The Hall–Kier alpha value is -2.26. The molecule has 0 saturated carbocycles. The van der Waals surface area contributed by atoms with Crippen LogP contribution in [0.15, 0.2) is 59.3 Å². The molecule has 8 heteroatoms.